The highest BCUT2D eigenvalue weighted by atomic mass is 19.1. The van der Waals surface area contributed by atoms with Crippen LogP contribution in [0.25, 0.3) is 16.6 Å². The van der Waals surface area contributed by atoms with Crippen LogP contribution in [0.4, 0.5) is 15.9 Å². The van der Waals surface area contributed by atoms with Gasteiger partial charge in [-0.1, -0.05) is 0 Å². The SMILES string of the molecule is CC(C)Oc1cc2nn(C3CCN(C(=O)CC4CCN(c5ncc(C6CCC(=O)NC6=O)cc5F)CC4)CC3)cc2cc1C(=O)Nc1cnn2cccnc12. The normalized spacial score (nSPS) is 18.7. The van der Waals surface area contributed by atoms with Crippen LogP contribution in [0.1, 0.15) is 86.7 Å². The largest absolute Gasteiger partial charge is 0.490 e. The maximum Gasteiger partial charge on any atom is 0.259 e. The van der Waals surface area contributed by atoms with Gasteiger partial charge in [-0.15, -0.1) is 0 Å². The first-order chi connectivity index (χ1) is 26.6. The number of piperidine rings is 3. The van der Waals surface area contributed by atoms with Crippen LogP contribution in [0, 0.1) is 11.7 Å². The van der Waals surface area contributed by atoms with Crippen molar-refractivity contribution < 1.29 is 28.3 Å². The summed E-state index contributed by atoms with van der Waals surface area (Å²) in [7, 11) is 0. The quantitative estimate of drug-likeness (QED) is 0.203. The topological polar surface area (TPSA) is 169 Å². The number of nitrogens with zero attached hydrogens (tertiary/aromatic N) is 8. The Kier molecular flexibility index (Phi) is 9.88. The maximum absolute atomic E-state index is 15.2. The van der Waals surface area contributed by atoms with Crippen LogP contribution in [-0.4, -0.2) is 90.2 Å². The van der Waals surface area contributed by atoms with Gasteiger partial charge in [-0.3, -0.25) is 29.2 Å². The van der Waals surface area contributed by atoms with Gasteiger partial charge in [0, 0.05) is 75.3 Å². The number of hydrogen-bond donors (Lipinski definition) is 2. The summed E-state index contributed by atoms with van der Waals surface area (Å²) in [6.07, 6.45) is 12.3. The number of amides is 4. The van der Waals surface area contributed by atoms with Crippen LogP contribution in [0.2, 0.25) is 0 Å². The minimum atomic E-state index is -0.588. The summed E-state index contributed by atoms with van der Waals surface area (Å²) in [5.74, 6) is -1.14. The molecule has 1 unspecified atom stereocenters. The van der Waals surface area contributed by atoms with E-state index in [0.29, 0.717) is 67.2 Å². The van der Waals surface area contributed by atoms with E-state index in [-0.39, 0.29) is 48.0 Å². The highest BCUT2D eigenvalue weighted by Crippen LogP contribution is 2.33. The molecular formula is C39H43FN10O5. The minimum absolute atomic E-state index is 0.0973. The number of rotatable bonds is 9. The lowest BCUT2D eigenvalue weighted by Crippen LogP contribution is -2.41. The number of fused-ring (bicyclic) bond motifs is 2. The molecule has 0 spiro atoms. The second-order valence-electron chi connectivity index (χ2n) is 14.9. The van der Waals surface area contributed by atoms with E-state index in [2.05, 4.69) is 25.7 Å². The summed E-state index contributed by atoms with van der Waals surface area (Å²) in [4.78, 5) is 63.2. The van der Waals surface area contributed by atoms with Gasteiger partial charge in [0.25, 0.3) is 5.91 Å². The molecule has 1 atom stereocenters. The summed E-state index contributed by atoms with van der Waals surface area (Å²) in [6, 6.07) is 6.82. The van der Waals surface area contributed by atoms with Gasteiger partial charge >= 0.3 is 0 Å². The molecule has 4 aromatic heterocycles. The van der Waals surface area contributed by atoms with Crippen molar-refractivity contribution in [3.63, 3.8) is 0 Å². The number of carbonyl (C=O) groups excluding carboxylic acids is 4. The fourth-order valence-electron chi connectivity index (χ4n) is 7.88. The lowest BCUT2D eigenvalue weighted by atomic mass is 9.91. The monoisotopic (exact) mass is 750 g/mol. The standard InChI is InChI=1S/C39H43FN10O5/c1-23(2)55-33-19-31-26(17-29(33)39(54)44-32-21-43-49-11-3-10-41-37(32)49)22-50(46-31)27-8-14-47(15-9-27)35(52)16-24-6-12-48(13-7-24)36-30(40)18-25(20-42-36)28-4-5-34(51)45-38(28)53/h3,10-11,17-24,27-28H,4-9,12-16H2,1-2H3,(H,44,54)(H,45,51,53). The van der Waals surface area contributed by atoms with Crippen molar-refractivity contribution in [2.45, 2.75) is 76.9 Å². The Bertz CT molecular complexity index is 2270. The number of hydrogen-bond acceptors (Lipinski definition) is 10. The predicted molar refractivity (Wildman–Crippen MR) is 200 cm³/mol. The van der Waals surface area contributed by atoms with Gasteiger partial charge in [-0.2, -0.15) is 10.2 Å². The number of carbonyl (C=O) groups is 4. The molecule has 286 valence electrons. The number of nitrogens with one attached hydrogen (secondary N) is 2. The third kappa shape index (κ3) is 7.57. The number of aromatic nitrogens is 6. The molecule has 0 aliphatic carbocycles. The molecule has 7 heterocycles. The van der Waals surface area contributed by atoms with E-state index in [0.717, 1.165) is 36.6 Å². The van der Waals surface area contributed by atoms with E-state index in [9.17, 15) is 19.2 Å². The highest BCUT2D eigenvalue weighted by molar-refractivity contribution is 6.09. The number of anilines is 2. The number of benzene rings is 1. The Morgan fingerprint density at radius 2 is 1.82 bits per heavy atom. The van der Waals surface area contributed by atoms with E-state index in [4.69, 9.17) is 9.84 Å². The van der Waals surface area contributed by atoms with Gasteiger partial charge in [0.15, 0.2) is 17.3 Å². The molecule has 55 heavy (non-hydrogen) atoms. The summed E-state index contributed by atoms with van der Waals surface area (Å²) in [5, 5.41) is 15.2. The zero-order valence-corrected chi connectivity index (χ0v) is 30.8. The molecule has 1 aromatic carbocycles. The Morgan fingerprint density at radius 1 is 1.02 bits per heavy atom. The number of pyridine rings is 1. The Hall–Kier alpha value is -5.93. The second kappa shape index (κ2) is 15.1. The van der Waals surface area contributed by atoms with Crippen molar-refractivity contribution in [1.82, 2.24) is 39.6 Å². The molecule has 4 amide bonds. The van der Waals surface area contributed by atoms with Crippen LogP contribution >= 0.6 is 0 Å². The summed E-state index contributed by atoms with van der Waals surface area (Å²) in [6.45, 7) is 6.22. The third-order valence-corrected chi connectivity index (χ3v) is 10.8. The first-order valence-electron chi connectivity index (χ1n) is 18.9. The van der Waals surface area contributed by atoms with Gasteiger partial charge in [0.05, 0.1) is 35.3 Å². The average Bonchev–Trinajstić information content (AvgIpc) is 3.78. The summed E-state index contributed by atoms with van der Waals surface area (Å²) >= 11 is 0. The number of halogens is 1. The molecule has 15 nitrogen and oxygen atoms in total. The molecule has 3 saturated heterocycles. The number of ether oxygens (including phenoxy) is 1. The minimum Gasteiger partial charge on any atom is -0.490 e. The van der Waals surface area contributed by atoms with Gasteiger partial charge in [0.2, 0.25) is 17.7 Å². The molecule has 0 saturated carbocycles. The molecule has 3 aliphatic rings. The second-order valence-corrected chi connectivity index (χ2v) is 14.9. The predicted octanol–water partition coefficient (Wildman–Crippen LogP) is 4.64. The van der Waals surface area contributed by atoms with E-state index >= 15 is 4.39 Å². The van der Waals surface area contributed by atoms with Gasteiger partial charge in [0.1, 0.15) is 11.4 Å². The van der Waals surface area contributed by atoms with Gasteiger partial charge < -0.3 is 19.9 Å². The van der Waals surface area contributed by atoms with Crippen molar-refractivity contribution in [2.75, 3.05) is 36.4 Å². The Morgan fingerprint density at radius 3 is 2.56 bits per heavy atom. The van der Waals surface area contributed by atoms with Crippen LogP contribution in [-0.2, 0) is 14.4 Å². The molecule has 0 radical (unpaired) electrons. The van der Waals surface area contributed by atoms with Crippen LogP contribution in [0.15, 0.2) is 55.2 Å². The summed E-state index contributed by atoms with van der Waals surface area (Å²) < 4.78 is 24.8. The van der Waals surface area contributed by atoms with Gasteiger partial charge in [-0.05, 0) is 75.6 Å². The first-order valence-corrected chi connectivity index (χ1v) is 18.9. The first kappa shape index (κ1) is 36.1. The molecular weight excluding hydrogens is 707 g/mol. The fraction of sp³-hybridized carbons (Fsp3) is 0.436. The van der Waals surface area contributed by atoms with E-state index < -0.39 is 17.6 Å². The molecule has 2 N–H and O–H groups in total. The maximum atomic E-state index is 15.2. The molecule has 5 aromatic rings. The number of likely N-dealkylation sites (tertiary alicyclic amines) is 1. The van der Waals surface area contributed by atoms with Crippen molar-refractivity contribution in [2.24, 2.45) is 5.92 Å². The summed E-state index contributed by atoms with van der Waals surface area (Å²) in [5.41, 5.74) is 2.59. The third-order valence-electron chi connectivity index (χ3n) is 10.8. The zero-order chi connectivity index (χ0) is 38.2. The molecule has 8 rings (SSSR count). The zero-order valence-electron chi connectivity index (χ0n) is 30.8. The van der Waals surface area contributed by atoms with Crippen molar-refractivity contribution in [3.8, 4) is 5.75 Å². The molecule has 3 fully saturated rings. The molecule has 3 aliphatic heterocycles. The van der Waals surface area contributed by atoms with E-state index in [1.54, 1.807) is 41.3 Å². The number of imide groups is 1. The Balaban J connectivity index is 0.856. The van der Waals surface area contributed by atoms with Crippen molar-refractivity contribution in [1.29, 1.82) is 0 Å². The highest BCUT2D eigenvalue weighted by Gasteiger charge is 2.32. The lowest BCUT2D eigenvalue weighted by molar-refractivity contribution is -0.135. The van der Waals surface area contributed by atoms with Crippen molar-refractivity contribution in [3.05, 3.63) is 72.2 Å². The van der Waals surface area contributed by atoms with E-state index in [1.807, 2.05) is 34.5 Å². The van der Waals surface area contributed by atoms with Gasteiger partial charge in [-0.25, -0.2) is 18.9 Å². The fourth-order valence-corrected chi connectivity index (χ4v) is 7.88. The smallest absolute Gasteiger partial charge is 0.259 e. The lowest BCUT2D eigenvalue weighted by Gasteiger charge is -2.35. The average molecular weight is 751 g/mol. The van der Waals surface area contributed by atoms with Crippen LogP contribution in [0.3, 0.4) is 0 Å². The van der Waals surface area contributed by atoms with E-state index in [1.165, 1.54) is 12.3 Å². The Labute approximate surface area is 316 Å². The molecule has 16 heteroatoms. The van der Waals surface area contributed by atoms with Crippen LogP contribution < -0.4 is 20.3 Å². The molecule has 0 bridgehead atoms. The van der Waals surface area contributed by atoms with Crippen LogP contribution in [0.5, 0.6) is 5.75 Å². The van der Waals surface area contributed by atoms with Crippen molar-refractivity contribution >= 4 is 51.7 Å².